The van der Waals surface area contributed by atoms with Gasteiger partial charge in [0.25, 0.3) is 0 Å². The molecule has 0 spiro atoms. The highest BCUT2D eigenvalue weighted by atomic mass is 16.1. The van der Waals surface area contributed by atoms with Gasteiger partial charge in [-0.2, -0.15) is 0 Å². The lowest BCUT2D eigenvalue weighted by atomic mass is 10.1. The SMILES string of the molecule is CC(NN(C)C)c1ccc2[nH]c(=O)[nH]c2c1. The number of fused-ring (bicyclic) bond motifs is 1. The first-order valence-corrected chi connectivity index (χ1v) is 5.21. The Kier molecular flexibility index (Phi) is 2.80. The number of aromatic nitrogens is 2. The second-order valence-electron chi connectivity index (χ2n) is 4.13. The molecule has 0 aliphatic rings. The molecule has 0 saturated heterocycles. The van der Waals surface area contributed by atoms with Crippen LogP contribution in [0.5, 0.6) is 0 Å². The molecular formula is C11H16N4O. The molecule has 3 N–H and O–H groups in total. The van der Waals surface area contributed by atoms with E-state index in [4.69, 9.17) is 0 Å². The van der Waals surface area contributed by atoms with Gasteiger partial charge >= 0.3 is 5.69 Å². The molecule has 16 heavy (non-hydrogen) atoms. The second-order valence-corrected chi connectivity index (χ2v) is 4.13. The maximum atomic E-state index is 11.1. The summed E-state index contributed by atoms with van der Waals surface area (Å²) in [5.41, 5.74) is 5.91. The van der Waals surface area contributed by atoms with Crippen LogP contribution in [0.4, 0.5) is 0 Å². The van der Waals surface area contributed by atoms with Gasteiger partial charge in [0.2, 0.25) is 0 Å². The van der Waals surface area contributed by atoms with E-state index in [2.05, 4.69) is 22.3 Å². The minimum atomic E-state index is -0.166. The van der Waals surface area contributed by atoms with Crippen molar-refractivity contribution >= 4 is 11.0 Å². The summed E-state index contributed by atoms with van der Waals surface area (Å²) in [5, 5.41) is 1.91. The molecule has 0 aliphatic heterocycles. The van der Waals surface area contributed by atoms with Crippen LogP contribution in [0.2, 0.25) is 0 Å². The van der Waals surface area contributed by atoms with Crippen molar-refractivity contribution in [2.24, 2.45) is 0 Å². The lowest BCUT2D eigenvalue weighted by molar-refractivity contribution is 0.252. The van der Waals surface area contributed by atoms with Crippen LogP contribution >= 0.6 is 0 Å². The number of nitrogens with zero attached hydrogens (tertiary/aromatic N) is 1. The normalized spacial score (nSPS) is 13.5. The molecule has 0 radical (unpaired) electrons. The molecule has 1 aromatic carbocycles. The zero-order valence-corrected chi connectivity index (χ0v) is 9.66. The summed E-state index contributed by atoms with van der Waals surface area (Å²) in [6.45, 7) is 2.08. The van der Waals surface area contributed by atoms with E-state index in [9.17, 15) is 4.79 Å². The summed E-state index contributed by atoms with van der Waals surface area (Å²) < 4.78 is 0. The van der Waals surface area contributed by atoms with Gasteiger partial charge in [0, 0.05) is 20.1 Å². The fraction of sp³-hybridized carbons (Fsp3) is 0.364. The Labute approximate surface area is 93.4 Å². The highest BCUT2D eigenvalue weighted by molar-refractivity contribution is 5.75. The van der Waals surface area contributed by atoms with Gasteiger partial charge < -0.3 is 9.97 Å². The van der Waals surface area contributed by atoms with E-state index in [-0.39, 0.29) is 11.7 Å². The van der Waals surface area contributed by atoms with Crippen molar-refractivity contribution in [1.82, 2.24) is 20.4 Å². The van der Waals surface area contributed by atoms with Crippen molar-refractivity contribution in [2.75, 3.05) is 14.1 Å². The molecule has 0 saturated carbocycles. The van der Waals surface area contributed by atoms with Gasteiger partial charge in [0.1, 0.15) is 0 Å². The minimum absolute atomic E-state index is 0.166. The van der Waals surface area contributed by atoms with Crippen molar-refractivity contribution in [1.29, 1.82) is 0 Å². The zero-order valence-electron chi connectivity index (χ0n) is 9.66. The molecule has 5 nitrogen and oxygen atoms in total. The third-order valence-electron chi connectivity index (χ3n) is 2.49. The quantitative estimate of drug-likeness (QED) is 0.676. The maximum absolute atomic E-state index is 11.1. The third kappa shape index (κ3) is 2.15. The molecule has 1 aromatic heterocycles. The average molecular weight is 220 g/mol. The number of nitrogens with one attached hydrogen (secondary N) is 3. The molecule has 1 unspecified atom stereocenters. The third-order valence-corrected chi connectivity index (χ3v) is 2.49. The first kappa shape index (κ1) is 10.9. The van der Waals surface area contributed by atoms with Crippen LogP contribution in [0.3, 0.4) is 0 Å². The van der Waals surface area contributed by atoms with Gasteiger partial charge in [-0.3, -0.25) is 5.01 Å². The number of rotatable bonds is 3. The van der Waals surface area contributed by atoms with Crippen LogP contribution in [-0.4, -0.2) is 29.1 Å². The van der Waals surface area contributed by atoms with Crippen molar-refractivity contribution in [3.05, 3.63) is 34.2 Å². The molecule has 0 bridgehead atoms. The van der Waals surface area contributed by atoms with E-state index in [1.54, 1.807) is 0 Å². The first-order valence-electron chi connectivity index (χ1n) is 5.21. The number of hydrazine groups is 1. The van der Waals surface area contributed by atoms with E-state index in [1.165, 1.54) is 0 Å². The summed E-state index contributed by atoms with van der Waals surface area (Å²) >= 11 is 0. The predicted molar refractivity (Wildman–Crippen MR) is 64.2 cm³/mol. The monoisotopic (exact) mass is 220 g/mol. The number of H-pyrrole nitrogens is 2. The first-order chi connectivity index (χ1) is 7.56. The second kappa shape index (κ2) is 4.11. The largest absolute Gasteiger partial charge is 0.323 e. The number of imidazole rings is 1. The van der Waals surface area contributed by atoms with Gasteiger partial charge in [-0.15, -0.1) is 0 Å². The molecule has 0 aliphatic carbocycles. The Bertz CT molecular complexity index is 540. The van der Waals surface area contributed by atoms with Gasteiger partial charge in [-0.05, 0) is 24.6 Å². The average Bonchev–Trinajstić information content (AvgIpc) is 2.55. The molecule has 1 heterocycles. The van der Waals surface area contributed by atoms with Gasteiger partial charge in [-0.25, -0.2) is 10.2 Å². The Morgan fingerprint density at radius 3 is 2.62 bits per heavy atom. The van der Waals surface area contributed by atoms with Gasteiger partial charge in [0.05, 0.1) is 11.0 Å². The molecule has 2 aromatic rings. The van der Waals surface area contributed by atoms with Crippen molar-refractivity contribution in [2.45, 2.75) is 13.0 Å². The fourth-order valence-electron chi connectivity index (χ4n) is 1.78. The minimum Gasteiger partial charge on any atom is -0.306 e. The van der Waals surface area contributed by atoms with Crippen molar-refractivity contribution in [3.8, 4) is 0 Å². The molecule has 0 amide bonds. The molecule has 86 valence electrons. The summed E-state index contributed by atoms with van der Waals surface area (Å²) in [6.07, 6.45) is 0. The molecular weight excluding hydrogens is 204 g/mol. The maximum Gasteiger partial charge on any atom is 0.323 e. The Morgan fingerprint density at radius 1 is 1.25 bits per heavy atom. The summed E-state index contributed by atoms with van der Waals surface area (Å²) in [6, 6.07) is 6.11. The number of aromatic amines is 2. The fourth-order valence-corrected chi connectivity index (χ4v) is 1.78. The van der Waals surface area contributed by atoms with Crippen LogP contribution in [0.15, 0.2) is 23.0 Å². The van der Waals surface area contributed by atoms with Gasteiger partial charge in [0.15, 0.2) is 0 Å². The van der Waals surface area contributed by atoms with Crippen LogP contribution in [0.1, 0.15) is 18.5 Å². The van der Waals surface area contributed by atoms with E-state index in [1.807, 2.05) is 37.3 Å². The topological polar surface area (TPSA) is 63.9 Å². The van der Waals surface area contributed by atoms with E-state index in [0.717, 1.165) is 16.6 Å². The van der Waals surface area contributed by atoms with Crippen LogP contribution < -0.4 is 11.1 Å². The molecule has 5 heteroatoms. The Morgan fingerprint density at radius 2 is 1.94 bits per heavy atom. The highest BCUT2D eigenvalue weighted by Gasteiger charge is 2.07. The van der Waals surface area contributed by atoms with E-state index >= 15 is 0 Å². The van der Waals surface area contributed by atoms with E-state index < -0.39 is 0 Å². The van der Waals surface area contributed by atoms with Crippen LogP contribution in [-0.2, 0) is 0 Å². The number of benzene rings is 1. The van der Waals surface area contributed by atoms with E-state index in [0.29, 0.717) is 0 Å². The molecule has 0 fully saturated rings. The van der Waals surface area contributed by atoms with Gasteiger partial charge in [-0.1, -0.05) is 6.07 Å². The van der Waals surface area contributed by atoms with Crippen LogP contribution in [0, 0.1) is 0 Å². The summed E-state index contributed by atoms with van der Waals surface area (Å²) in [5.74, 6) is 0. The van der Waals surface area contributed by atoms with Crippen molar-refractivity contribution < 1.29 is 0 Å². The predicted octanol–water partition coefficient (Wildman–Crippen LogP) is 0.983. The summed E-state index contributed by atoms with van der Waals surface area (Å²) in [7, 11) is 3.90. The Hall–Kier alpha value is -1.59. The molecule has 1 atom stereocenters. The Balaban J connectivity index is 2.34. The van der Waals surface area contributed by atoms with Crippen LogP contribution in [0.25, 0.3) is 11.0 Å². The highest BCUT2D eigenvalue weighted by Crippen LogP contribution is 2.16. The van der Waals surface area contributed by atoms with Crippen molar-refractivity contribution in [3.63, 3.8) is 0 Å². The smallest absolute Gasteiger partial charge is 0.306 e. The number of hydrogen-bond donors (Lipinski definition) is 3. The lowest BCUT2D eigenvalue weighted by Gasteiger charge is -2.19. The number of hydrogen-bond acceptors (Lipinski definition) is 3. The molecule has 2 rings (SSSR count). The summed E-state index contributed by atoms with van der Waals surface area (Å²) in [4.78, 5) is 16.6. The lowest BCUT2D eigenvalue weighted by Crippen LogP contribution is -2.32. The zero-order chi connectivity index (χ0) is 11.7. The standard InChI is InChI=1S/C11H16N4O/c1-7(14-15(2)3)8-4-5-9-10(6-8)13-11(16)12-9/h4-7,14H,1-3H3,(H2,12,13,16).